The smallest absolute Gasteiger partial charge is 0.311 e. The summed E-state index contributed by atoms with van der Waals surface area (Å²) in [4.78, 5) is 13.3. The van der Waals surface area contributed by atoms with E-state index in [4.69, 9.17) is 9.47 Å². The molecule has 1 aliphatic rings. The van der Waals surface area contributed by atoms with Crippen molar-refractivity contribution in [3.05, 3.63) is 41.3 Å². The lowest BCUT2D eigenvalue weighted by Gasteiger charge is -2.27. The van der Waals surface area contributed by atoms with Gasteiger partial charge in [0.15, 0.2) is 0 Å². The molecule has 3 atom stereocenters. The van der Waals surface area contributed by atoms with E-state index in [2.05, 4.69) is 0 Å². The Bertz CT molecular complexity index is 524. The van der Waals surface area contributed by atoms with Crippen LogP contribution in [0.5, 0.6) is 0 Å². The number of hydrogen-bond donors (Lipinski definition) is 0. The quantitative estimate of drug-likeness (QED) is 0.799. The molecule has 0 N–H and O–H groups in total. The summed E-state index contributed by atoms with van der Waals surface area (Å²) < 4.78 is 22.6. The molecule has 20 heavy (non-hydrogen) atoms. The lowest BCUT2D eigenvalue weighted by molar-refractivity contribution is -0.149. The van der Waals surface area contributed by atoms with Crippen molar-refractivity contribution in [3.63, 3.8) is 0 Å². The predicted molar refractivity (Wildman–Crippen MR) is 76.5 cm³/mol. The van der Waals surface area contributed by atoms with E-state index in [0.29, 0.717) is 12.8 Å². The number of carbonyl (C=O) groups is 1. The standard InChI is InChI=1S/C15H18O4S/c1-18-14-10-12(8-9-13(14)15(16)19-2)20(17)11-6-4-3-5-7-11/h3-7,10,13-14H,8-9H2,1-2H3/t13-,14+,20?/m0/s1. The van der Waals surface area contributed by atoms with Crippen LogP contribution in [0.4, 0.5) is 0 Å². The van der Waals surface area contributed by atoms with Gasteiger partial charge in [-0.2, -0.15) is 0 Å². The van der Waals surface area contributed by atoms with Crippen molar-refractivity contribution in [2.45, 2.75) is 23.8 Å². The molecule has 1 aromatic rings. The zero-order valence-corrected chi connectivity index (χ0v) is 12.4. The molecule has 1 unspecified atom stereocenters. The van der Waals surface area contributed by atoms with Crippen LogP contribution in [-0.4, -0.2) is 30.5 Å². The largest absolute Gasteiger partial charge is 0.469 e. The summed E-state index contributed by atoms with van der Waals surface area (Å²) in [5, 5.41) is 0. The van der Waals surface area contributed by atoms with Crippen LogP contribution in [0.3, 0.4) is 0 Å². The molecule has 5 heteroatoms. The van der Waals surface area contributed by atoms with Crippen molar-refractivity contribution in [2.75, 3.05) is 14.2 Å². The van der Waals surface area contributed by atoms with Crippen molar-refractivity contribution in [3.8, 4) is 0 Å². The zero-order valence-electron chi connectivity index (χ0n) is 11.6. The molecule has 0 aliphatic heterocycles. The fourth-order valence-electron chi connectivity index (χ4n) is 2.33. The van der Waals surface area contributed by atoms with Crippen LogP contribution < -0.4 is 0 Å². The minimum Gasteiger partial charge on any atom is -0.469 e. The third kappa shape index (κ3) is 3.16. The highest BCUT2D eigenvalue weighted by Gasteiger charge is 2.33. The van der Waals surface area contributed by atoms with Crippen molar-refractivity contribution in [2.24, 2.45) is 5.92 Å². The minimum absolute atomic E-state index is 0.280. The number of esters is 1. The molecule has 2 rings (SSSR count). The third-order valence-electron chi connectivity index (χ3n) is 3.42. The van der Waals surface area contributed by atoms with Crippen molar-refractivity contribution >= 4 is 16.8 Å². The normalized spacial score (nSPS) is 23.8. The zero-order chi connectivity index (χ0) is 14.5. The minimum atomic E-state index is -1.19. The van der Waals surface area contributed by atoms with E-state index in [1.807, 2.05) is 30.3 Å². The molecule has 0 fully saturated rings. The second kappa shape index (κ2) is 6.81. The van der Waals surface area contributed by atoms with E-state index in [1.165, 1.54) is 7.11 Å². The van der Waals surface area contributed by atoms with Gasteiger partial charge in [-0.15, -0.1) is 0 Å². The highest BCUT2D eigenvalue weighted by atomic mass is 32.2. The van der Waals surface area contributed by atoms with Gasteiger partial charge in [0.1, 0.15) is 0 Å². The number of hydrogen-bond acceptors (Lipinski definition) is 4. The van der Waals surface area contributed by atoms with Crippen LogP contribution in [0, 0.1) is 5.92 Å². The van der Waals surface area contributed by atoms with E-state index in [9.17, 15) is 9.00 Å². The first kappa shape index (κ1) is 14.9. The summed E-state index contributed by atoms with van der Waals surface area (Å²) in [6.45, 7) is 0. The first-order chi connectivity index (χ1) is 9.67. The maximum absolute atomic E-state index is 12.5. The second-order valence-corrected chi connectivity index (χ2v) is 6.12. The van der Waals surface area contributed by atoms with Crippen LogP contribution in [0.2, 0.25) is 0 Å². The Hall–Kier alpha value is -1.46. The monoisotopic (exact) mass is 294 g/mol. The molecule has 4 nitrogen and oxygen atoms in total. The number of rotatable bonds is 4. The molecule has 0 saturated carbocycles. The summed E-state index contributed by atoms with van der Waals surface area (Å²) in [6.07, 6.45) is 2.63. The fourth-order valence-corrected chi connectivity index (χ4v) is 3.60. The number of ether oxygens (including phenoxy) is 2. The topological polar surface area (TPSA) is 52.6 Å². The molecular weight excluding hydrogens is 276 g/mol. The van der Waals surface area contributed by atoms with Crippen molar-refractivity contribution < 1.29 is 18.5 Å². The van der Waals surface area contributed by atoms with Gasteiger partial charge in [0.05, 0.1) is 29.9 Å². The number of allylic oxidation sites excluding steroid dienone is 1. The molecule has 0 saturated heterocycles. The van der Waals surface area contributed by atoms with E-state index in [1.54, 1.807) is 13.2 Å². The molecule has 0 spiro atoms. The number of carbonyl (C=O) groups excluding carboxylic acids is 1. The van der Waals surface area contributed by atoms with E-state index < -0.39 is 10.8 Å². The highest BCUT2D eigenvalue weighted by molar-refractivity contribution is 7.89. The Balaban J connectivity index is 2.20. The predicted octanol–water partition coefficient (Wildman–Crippen LogP) is 2.28. The van der Waals surface area contributed by atoms with E-state index >= 15 is 0 Å². The first-order valence-corrected chi connectivity index (χ1v) is 7.60. The lowest BCUT2D eigenvalue weighted by atomic mass is 9.91. The van der Waals surface area contributed by atoms with Gasteiger partial charge in [-0.25, -0.2) is 4.21 Å². The van der Waals surface area contributed by atoms with E-state index in [-0.39, 0.29) is 18.0 Å². The average Bonchev–Trinajstić information content (AvgIpc) is 2.53. The maximum Gasteiger partial charge on any atom is 0.311 e. The molecule has 0 bridgehead atoms. The lowest BCUT2D eigenvalue weighted by Crippen LogP contribution is -2.32. The highest BCUT2D eigenvalue weighted by Crippen LogP contribution is 2.30. The Kier molecular flexibility index (Phi) is 5.09. The first-order valence-electron chi connectivity index (χ1n) is 6.45. The summed E-state index contributed by atoms with van der Waals surface area (Å²) in [6, 6.07) is 9.29. The van der Waals surface area contributed by atoms with Crippen molar-refractivity contribution in [1.82, 2.24) is 0 Å². The van der Waals surface area contributed by atoms with Gasteiger partial charge in [0.25, 0.3) is 0 Å². The van der Waals surface area contributed by atoms with Gasteiger partial charge < -0.3 is 9.47 Å². The summed E-state index contributed by atoms with van der Waals surface area (Å²) in [7, 11) is 1.73. The molecule has 0 amide bonds. The number of benzene rings is 1. The van der Waals surface area contributed by atoms with Crippen LogP contribution in [0.15, 0.2) is 46.2 Å². The van der Waals surface area contributed by atoms with Gasteiger partial charge in [-0.05, 0) is 31.1 Å². The Morgan fingerprint density at radius 1 is 1.25 bits per heavy atom. The van der Waals surface area contributed by atoms with Crippen LogP contribution in [0.25, 0.3) is 0 Å². The molecule has 108 valence electrons. The SMILES string of the molecule is COC(=O)[C@H]1CCC(S(=O)c2ccccc2)=C[C@H]1OC. The van der Waals surface area contributed by atoms with E-state index in [0.717, 1.165) is 9.80 Å². The fraction of sp³-hybridized carbons (Fsp3) is 0.400. The Labute approximate surface area is 121 Å². The van der Waals surface area contributed by atoms with Gasteiger partial charge in [-0.3, -0.25) is 4.79 Å². The third-order valence-corrected chi connectivity index (χ3v) is 4.94. The maximum atomic E-state index is 12.5. The van der Waals surface area contributed by atoms with Gasteiger partial charge in [0, 0.05) is 16.9 Å². The summed E-state index contributed by atoms with van der Waals surface area (Å²) in [5.74, 6) is -0.598. The van der Waals surface area contributed by atoms with Crippen molar-refractivity contribution in [1.29, 1.82) is 0 Å². The number of methoxy groups -OCH3 is 2. The van der Waals surface area contributed by atoms with Crippen LogP contribution >= 0.6 is 0 Å². The molecular formula is C15H18O4S. The average molecular weight is 294 g/mol. The molecule has 0 radical (unpaired) electrons. The molecule has 0 heterocycles. The summed E-state index contributed by atoms with van der Waals surface area (Å²) in [5.41, 5.74) is 0. The Morgan fingerprint density at radius 2 is 1.95 bits per heavy atom. The molecule has 0 aromatic heterocycles. The second-order valence-electron chi connectivity index (χ2n) is 4.58. The Morgan fingerprint density at radius 3 is 2.55 bits per heavy atom. The molecule has 1 aliphatic carbocycles. The van der Waals surface area contributed by atoms with Gasteiger partial charge in [-0.1, -0.05) is 18.2 Å². The van der Waals surface area contributed by atoms with Crippen LogP contribution in [0.1, 0.15) is 12.8 Å². The van der Waals surface area contributed by atoms with Gasteiger partial charge in [0.2, 0.25) is 0 Å². The van der Waals surface area contributed by atoms with Gasteiger partial charge >= 0.3 is 5.97 Å². The summed E-state index contributed by atoms with van der Waals surface area (Å²) >= 11 is 0. The molecule has 1 aromatic carbocycles. The van der Waals surface area contributed by atoms with Crippen LogP contribution in [-0.2, 0) is 25.1 Å².